The van der Waals surface area contributed by atoms with Crippen molar-refractivity contribution in [2.75, 3.05) is 20.3 Å². The van der Waals surface area contributed by atoms with Crippen molar-refractivity contribution in [2.45, 2.75) is 31.8 Å². The maximum Gasteiger partial charge on any atom is 0.0971 e. The van der Waals surface area contributed by atoms with Crippen LogP contribution in [0.25, 0.3) is 0 Å². The zero-order valence-corrected chi connectivity index (χ0v) is 10.2. The Labute approximate surface area is 97.6 Å². The van der Waals surface area contributed by atoms with Crippen LogP contribution in [0.1, 0.15) is 30.9 Å². The number of hydrogen-bond donors (Lipinski definition) is 0. The summed E-state index contributed by atoms with van der Waals surface area (Å²) in [6.45, 7) is 3.77. The Morgan fingerprint density at radius 1 is 1.19 bits per heavy atom. The molecule has 0 amide bonds. The minimum absolute atomic E-state index is 0.121. The van der Waals surface area contributed by atoms with Gasteiger partial charge in [-0.1, -0.05) is 31.2 Å². The normalized spacial score (nSPS) is 19.6. The summed E-state index contributed by atoms with van der Waals surface area (Å²) < 4.78 is 11.2. The molecule has 0 aromatic heterocycles. The van der Waals surface area contributed by atoms with Crippen molar-refractivity contribution < 1.29 is 9.47 Å². The predicted molar refractivity (Wildman–Crippen MR) is 64.6 cm³/mol. The van der Waals surface area contributed by atoms with Crippen LogP contribution in [0.5, 0.6) is 0 Å². The highest BCUT2D eigenvalue weighted by molar-refractivity contribution is 5.28. The standard InChI is InChI=1S/C14H20O2/c1-3-12-4-6-13(7-5-12)14(15-2)8-10-16-11-9-14/h4-7H,3,8-11H2,1-2H3. The summed E-state index contributed by atoms with van der Waals surface area (Å²) in [5.41, 5.74) is 2.54. The van der Waals surface area contributed by atoms with Gasteiger partial charge in [-0.15, -0.1) is 0 Å². The molecular formula is C14H20O2. The second-order valence-electron chi connectivity index (χ2n) is 4.36. The molecule has 1 aromatic carbocycles. The van der Waals surface area contributed by atoms with Gasteiger partial charge in [0.25, 0.3) is 0 Å². The monoisotopic (exact) mass is 220 g/mol. The van der Waals surface area contributed by atoms with E-state index in [1.54, 1.807) is 7.11 Å². The number of aryl methyl sites for hydroxylation is 1. The molecule has 1 saturated heterocycles. The van der Waals surface area contributed by atoms with E-state index in [9.17, 15) is 0 Å². The highest BCUT2D eigenvalue weighted by atomic mass is 16.5. The van der Waals surface area contributed by atoms with Crippen molar-refractivity contribution >= 4 is 0 Å². The van der Waals surface area contributed by atoms with E-state index in [2.05, 4.69) is 31.2 Å². The van der Waals surface area contributed by atoms with Crippen molar-refractivity contribution in [2.24, 2.45) is 0 Å². The second-order valence-corrected chi connectivity index (χ2v) is 4.36. The first-order valence-corrected chi connectivity index (χ1v) is 6.03. The minimum Gasteiger partial charge on any atom is -0.381 e. The molecule has 0 aliphatic carbocycles. The molecule has 1 aliphatic rings. The fourth-order valence-corrected chi connectivity index (χ4v) is 2.36. The van der Waals surface area contributed by atoms with Crippen LogP contribution >= 0.6 is 0 Å². The van der Waals surface area contributed by atoms with Crippen LogP contribution in [0.15, 0.2) is 24.3 Å². The van der Waals surface area contributed by atoms with Crippen LogP contribution < -0.4 is 0 Å². The molecule has 2 rings (SSSR count). The molecule has 0 saturated carbocycles. The van der Waals surface area contributed by atoms with Gasteiger partial charge >= 0.3 is 0 Å². The van der Waals surface area contributed by atoms with Gasteiger partial charge in [0.1, 0.15) is 0 Å². The van der Waals surface area contributed by atoms with E-state index in [1.165, 1.54) is 11.1 Å². The van der Waals surface area contributed by atoms with Gasteiger partial charge in [-0.2, -0.15) is 0 Å². The van der Waals surface area contributed by atoms with Crippen LogP contribution in [0.4, 0.5) is 0 Å². The van der Waals surface area contributed by atoms with Gasteiger partial charge in [0, 0.05) is 33.2 Å². The predicted octanol–water partition coefficient (Wildman–Crippen LogP) is 2.90. The van der Waals surface area contributed by atoms with Crippen molar-refractivity contribution in [1.82, 2.24) is 0 Å². The molecule has 0 bridgehead atoms. The Balaban J connectivity index is 2.24. The van der Waals surface area contributed by atoms with Crippen LogP contribution in [0.3, 0.4) is 0 Å². The van der Waals surface area contributed by atoms with Crippen LogP contribution in [0, 0.1) is 0 Å². The van der Waals surface area contributed by atoms with E-state index in [0.29, 0.717) is 0 Å². The molecule has 1 fully saturated rings. The Morgan fingerprint density at radius 3 is 2.31 bits per heavy atom. The van der Waals surface area contributed by atoms with Crippen LogP contribution in [-0.2, 0) is 21.5 Å². The maximum atomic E-state index is 5.76. The molecule has 1 aliphatic heterocycles. The van der Waals surface area contributed by atoms with Crippen molar-refractivity contribution in [1.29, 1.82) is 0 Å². The number of benzene rings is 1. The van der Waals surface area contributed by atoms with Crippen molar-refractivity contribution in [3.8, 4) is 0 Å². The topological polar surface area (TPSA) is 18.5 Å². The number of methoxy groups -OCH3 is 1. The van der Waals surface area contributed by atoms with Crippen molar-refractivity contribution in [3.63, 3.8) is 0 Å². The zero-order valence-electron chi connectivity index (χ0n) is 10.2. The van der Waals surface area contributed by atoms with E-state index < -0.39 is 0 Å². The Kier molecular flexibility index (Phi) is 3.62. The van der Waals surface area contributed by atoms with E-state index in [-0.39, 0.29) is 5.60 Å². The largest absolute Gasteiger partial charge is 0.381 e. The average molecular weight is 220 g/mol. The second kappa shape index (κ2) is 4.98. The average Bonchev–Trinajstić information content (AvgIpc) is 2.39. The number of hydrogen-bond acceptors (Lipinski definition) is 2. The summed E-state index contributed by atoms with van der Waals surface area (Å²) in [6.07, 6.45) is 2.99. The van der Waals surface area contributed by atoms with Gasteiger partial charge in [-0.25, -0.2) is 0 Å². The molecule has 88 valence electrons. The first-order valence-electron chi connectivity index (χ1n) is 6.03. The lowest BCUT2D eigenvalue weighted by Gasteiger charge is -2.36. The fraction of sp³-hybridized carbons (Fsp3) is 0.571. The molecule has 0 spiro atoms. The first kappa shape index (κ1) is 11.6. The minimum atomic E-state index is -0.121. The maximum absolute atomic E-state index is 5.76. The van der Waals surface area contributed by atoms with E-state index in [4.69, 9.17) is 9.47 Å². The van der Waals surface area contributed by atoms with Gasteiger partial charge in [0.15, 0.2) is 0 Å². The summed E-state index contributed by atoms with van der Waals surface area (Å²) in [4.78, 5) is 0. The van der Waals surface area contributed by atoms with Crippen molar-refractivity contribution in [3.05, 3.63) is 35.4 Å². The summed E-state index contributed by atoms with van der Waals surface area (Å²) >= 11 is 0. The third-order valence-electron chi connectivity index (χ3n) is 3.58. The fourth-order valence-electron chi connectivity index (χ4n) is 2.36. The number of ether oxygens (including phenoxy) is 2. The smallest absolute Gasteiger partial charge is 0.0971 e. The molecule has 1 heterocycles. The van der Waals surface area contributed by atoms with Gasteiger partial charge in [0.05, 0.1) is 5.60 Å². The molecule has 2 nitrogen and oxygen atoms in total. The lowest BCUT2D eigenvalue weighted by Crippen LogP contribution is -2.35. The van der Waals surface area contributed by atoms with Crippen LogP contribution in [-0.4, -0.2) is 20.3 Å². The lowest BCUT2D eigenvalue weighted by molar-refractivity contribution is -0.0947. The SMILES string of the molecule is CCc1ccc(C2(OC)CCOCC2)cc1. The molecular weight excluding hydrogens is 200 g/mol. The van der Waals surface area contributed by atoms with Gasteiger partial charge in [-0.3, -0.25) is 0 Å². The Bertz CT molecular complexity index is 323. The highest BCUT2D eigenvalue weighted by Gasteiger charge is 2.34. The summed E-state index contributed by atoms with van der Waals surface area (Å²) in [5.74, 6) is 0. The zero-order chi connectivity index (χ0) is 11.4. The molecule has 1 aromatic rings. The third-order valence-corrected chi connectivity index (χ3v) is 3.58. The first-order chi connectivity index (χ1) is 7.80. The number of rotatable bonds is 3. The highest BCUT2D eigenvalue weighted by Crippen LogP contribution is 2.35. The molecule has 16 heavy (non-hydrogen) atoms. The third kappa shape index (κ3) is 2.13. The molecule has 0 atom stereocenters. The molecule has 0 N–H and O–H groups in total. The molecule has 0 radical (unpaired) electrons. The quantitative estimate of drug-likeness (QED) is 0.779. The van der Waals surface area contributed by atoms with E-state index in [0.717, 1.165) is 32.5 Å². The van der Waals surface area contributed by atoms with Gasteiger partial charge in [0.2, 0.25) is 0 Å². The Hall–Kier alpha value is -0.860. The van der Waals surface area contributed by atoms with Crippen LogP contribution in [0.2, 0.25) is 0 Å². The molecule has 0 unspecified atom stereocenters. The summed E-state index contributed by atoms with van der Waals surface area (Å²) in [6, 6.07) is 8.80. The molecule has 2 heteroatoms. The van der Waals surface area contributed by atoms with E-state index >= 15 is 0 Å². The summed E-state index contributed by atoms with van der Waals surface area (Å²) in [7, 11) is 1.80. The van der Waals surface area contributed by atoms with Gasteiger partial charge in [-0.05, 0) is 17.5 Å². The van der Waals surface area contributed by atoms with Gasteiger partial charge < -0.3 is 9.47 Å². The lowest BCUT2D eigenvalue weighted by atomic mass is 9.85. The summed E-state index contributed by atoms with van der Waals surface area (Å²) in [5, 5.41) is 0. The Morgan fingerprint density at radius 2 is 1.81 bits per heavy atom. The van der Waals surface area contributed by atoms with E-state index in [1.807, 2.05) is 0 Å².